The normalized spacial score (nSPS) is 15.5. The van der Waals surface area contributed by atoms with Gasteiger partial charge in [0.2, 0.25) is 5.91 Å². The van der Waals surface area contributed by atoms with Crippen molar-refractivity contribution in [2.24, 2.45) is 0 Å². The Kier molecular flexibility index (Phi) is 6.70. The highest BCUT2D eigenvalue weighted by molar-refractivity contribution is 5.83. The zero-order valence-corrected chi connectivity index (χ0v) is 18.0. The smallest absolute Gasteiger partial charge is 0.243 e. The highest BCUT2D eigenvalue weighted by Gasteiger charge is 2.28. The van der Waals surface area contributed by atoms with Crippen LogP contribution in [0.2, 0.25) is 0 Å². The number of nitrogens with one attached hydrogen (secondary N) is 2. The number of aromatic nitrogens is 1. The Morgan fingerprint density at radius 1 is 1.19 bits per heavy atom. The second-order valence-corrected chi connectivity index (χ2v) is 8.44. The van der Waals surface area contributed by atoms with Gasteiger partial charge in [0.25, 0.3) is 0 Å². The van der Waals surface area contributed by atoms with Crippen LogP contribution in [0.1, 0.15) is 46.7 Å². The molecule has 4 rings (SSSR count). The highest BCUT2D eigenvalue weighted by atomic mass is 16.5. The second-order valence-electron chi connectivity index (χ2n) is 8.44. The fourth-order valence-corrected chi connectivity index (χ4v) is 4.91. The molecule has 1 heterocycles. The van der Waals surface area contributed by atoms with Gasteiger partial charge < -0.3 is 10.1 Å². The molecule has 6 heteroatoms. The molecule has 1 amide bonds. The summed E-state index contributed by atoms with van der Waals surface area (Å²) in [7, 11) is 0. The lowest BCUT2D eigenvalue weighted by atomic mass is 9.96. The number of rotatable bonds is 9. The van der Waals surface area contributed by atoms with Gasteiger partial charge in [-0.3, -0.25) is 14.9 Å². The Bertz CT molecular complexity index is 1060. The highest BCUT2D eigenvalue weighted by Crippen LogP contribution is 2.37. The number of aliphatic hydroxyl groups is 1. The van der Waals surface area contributed by atoms with E-state index in [1.165, 1.54) is 27.6 Å². The number of hydroxylamine groups is 1. The first-order valence-corrected chi connectivity index (χ1v) is 11.1. The van der Waals surface area contributed by atoms with E-state index in [4.69, 9.17) is 5.21 Å². The first-order valence-electron chi connectivity index (χ1n) is 11.1. The monoisotopic (exact) mass is 421 g/mol. The zero-order valence-electron chi connectivity index (χ0n) is 18.0. The topological polar surface area (TPSA) is 88.6 Å². The summed E-state index contributed by atoms with van der Waals surface area (Å²) in [5, 5.41) is 19.7. The summed E-state index contributed by atoms with van der Waals surface area (Å²) in [6.07, 6.45) is 5.99. The van der Waals surface area contributed by atoms with Crippen LogP contribution in [-0.4, -0.2) is 45.8 Å². The maximum atomic E-state index is 11.4. The van der Waals surface area contributed by atoms with Gasteiger partial charge in [0.05, 0.1) is 6.61 Å². The molecule has 0 radical (unpaired) electrons. The number of fused-ring (bicyclic) bond motifs is 2. The number of aryl methyl sites for hydroxylation is 3. The average molecular weight is 422 g/mol. The number of aromatic amines is 1. The number of carbonyl (C=O) groups excluding carboxylic acids is 1. The van der Waals surface area contributed by atoms with E-state index in [9.17, 15) is 9.90 Å². The third kappa shape index (κ3) is 4.66. The second kappa shape index (κ2) is 9.64. The molecule has 1 aromatic heterocycles. The molecule has 3 aromatic rings. The molecule has 4 N–H and O–H groups in total. The third-order valence-corrected chi connectivity index (χ3v) is 6.56. The minimum atomic E-state index is -0.357. The van der Waals surface area contributed by atoms with Crippen LogP contribution in [0.3, 0.4) is 0 Å². The molecule has 164 valence electrons. The summed E-state index contributed by atoms with van der Waals surface area (Å²) in [4.78, 5) is 17.2. The molecular formula is C25H31N3O3. The molecule has 1 aliphatic carbocycles. The summed E-state index contributed by atoms with van der Waals surface area (Å²) >= 11 is 0. The Labute approximate surface area is 182 Å². The summed E-state index contributed by atoms with van der Waals surface area (Å²) in [5.74, 6) is -0.357. The fraction of sp³-hybridized carbons (Fsp3) is 0.400. The summed E-state index contributed by atoms with van der Waals surface area (Å²) in [5.41, 5.74) is 9.21. The Hall–Kier alpha value is -2.67. The number of H-pyrrole nitrogens is 1. The van der Waals surface area contributed by atoms with Gasteiger partial charge >= 0.3 is 0 Å². The minimum absolute atomic E-state index is 0.146. The van der Waals surface area contributed by atoms with Crippen LogP contribution < -0.4 is 5.48 Å². The number of hydrogen-bond donors (Lipinski definition) is 4. The van der Waals surface area contributed by atoms with Crippen molar-refractivity contribution in [1.29, 1.82) is 0 Å². The van der Waals surface area contributed by atoms with Gasteiger partial charge in [0.15, 0.2) is 0 Å². The minimum Gasteiger partial charge on any atom is -0.395 e. The first-order chi connectivity index (χ1) is 15.1. The molecule has 1 unspecified atom stereocenters. The van der Waals surface area contributed by atoms with E-state index in [0.717, 1.165) is 36.9 Å². The van der Waals surface area contributed by atoms with Gasteiger partial charge in [-0.15, -0.1) is 0 Å². The maximum absolute atomic E-state index is 11.4. The molecule has 0 aliphatic heterocycles. The molecule has 31 heavy (non-hydrogen) atoms. The zero-order chi connectivity index (χ0) is 21.8. The van der Waals surface area contributed by atoms with Gasteiger partial charge in [-0.25, -0.2) is 5.48 Å². The van der Waals surface area contributed by atoms with Gasteiger partial charge in [0.1, 0.15) is 0 Å². The van der Waals surface area contributed by atoms with Gasteiger partial charge in [-0.1, -0.05) is 30.3 Å². The van der Waals surface area contributed by atoms with Crippen molar-refractivity contribution >= 4 is 16.8 Å². The number of carbonyl (C=O) groups is 1. The van der Waals surface area contributed by atoms with E-state index in [1.54, 1.807) is 5.48 Å². The third-order valence-electron chi connectivity index (χ3n) is 6.56. The molecule has 1 aliphatic rings. The molecule has 2 aromatic carbocycles. The van der Waals surface area contributed by atoms with Gasteiger partial charge in [0, 0.05) is 42.7 Å². The first kappa shape index (κ1) is 21.6. The van der Waals surface area contributed by atoms with Crippen LogP contribution in [0.15, 0.2) is 42.6 Å². The number of para-hydroxylation sites is 1. The Balaban J connectivity index is 1.50. The molecule has 6 nitrogen and oxygen atoms in total. The van der Waals surface area contributed by atoms with Crippen LogP contribution in [0.5, 0.6) is 0 Å². The molecule has 0 saturated carbocycles. The molecule has 0 fully saturated rings. The summed E-state index contributed by atoms with van der Waals surface area (Å²) in [6, 6.07) is 13.2. The molecule has 0 spiro atoms. The SMILES string of the molecule is Cc1cc2c(cc1CCC(=O)NO)CCC2N(CCO)CCc1c[nH]c2ccccc12. The van der Waals surface area contributed by atoms with Crippen LogP contribution in [0.25, 0.3) is 10.9 Å². The van der Waals surface area contributed by atoms with Gasteiger partial charge in [-0.05, 0) is 66.5 Å². The standard InChI is InChI=1S/C25H31N3O3/c1-17-14-22-19(15-18(17)7-9-25(30)27-31)6-8-24(22)28(12-13-29)11-10-20-16-26-23-5-3-2-4-21(20)23/h2-5,14-16,24,26,29,31H,6-13H2,1H3,(H,27,30). The van der Waals surface area contributed by atoms with Gasteiger partial charge in [-0.2, -0.15) is 0 Å². The van der Waals surface area contributed by atoms with Crippen molar-refractivity contribution in [3.63, 3.8) is 0 Å². The molecule has 0 saturated heterocycles. The predicted octanol–water partition coefficient (Wildman–Crippen LogP) is 3.44. The number of hydrogen-bond acceptors (Lipinski definition) is 4. The quantitative estimate of drug-likeness (QED) is 0.315. The fourth-order valence-electron chi connectivity index (χ4n) is 4.91. The van der Waals surface area contributed by atoms with E-state index in [1.807, 2.05) is 6.07 Å². The van der Waals surface area contributed by atoms with Crippen molar-refractivity contribution in [2.45, 2.75) is 45.1 Å². The summed E-state index contributed by atoms with van der Waals surface area (Å²) < 4.78 is 0. The van der Waals surface area contributed by atoms with Crippen molar-refractivity contribution in [2.75, 3.05) is 19.7 Å². The number of nitrogens with zero attached hydrogens (tertiary/aromatic N) is 1. The molecule has 0 bridgehead atoms. The van der Waals surface area contributed by atoms with Crippen molar-refractivity contribution < 1.29 is 15.1 Å². The number of amides is 1. The van der Waals surface area contributed by atoms with Crippen LogP contribution in [-0.2, 0) is 24.1 Å². The van der Waals surface area contributed by atoms with E-state index in [0.29, 0.717) is 19.0 Å². The van der Waals surface area contributed by atoms with E-state index in [2.05, 4.69) is 53.3 Å². The Morgan fingerprint density at radius 3 is 2.84 bits per heavy atom. The average Bonchev–Trinajstić information content (AvgIpc) is 3.38. The van der Waals surface area contributed by atoms with Crippen molar-refractivity contribution in [3.8, 4) is 0 Å². The van der Waals surface area contributed by atoms with E-state index >= 15 is 0 Å². The van der Waals surface area contributed by atoms with Crippen LogP contribution in [0, 0.1) is 6.92 Å². The molecular weight excluding hydrogens is 390 g/mol. The lowest BCUT2D eigenvalue weighted by Crippen LogP contribution is -2.32. The lowest BCUT2D eigenvalue weighted by Gasteiger charge is -2.29. The van der Waals surface area contributed by atoms with E-state index < -0.39 is 0 Å². The predicted molar refractivity (Wildman–Crippen MR) is 121 cm³/mol. The van der Waals surface area contributed by atoms with E-state index in [-0.39, 0.29) is 18.9 Å². The largest absolute Gasteiger partial charge is 0.395 e. The Morgan fingerprint density at radius 2 is 2.03 bits per heavy atom. The van der Waals surface area contributed by atoms with Crippen LogP contribution in [0.4, 0.5) is 0 Å². The number of benzene rings is 2. The summed E-state index contributed by atoms with van der Waals surface area (Å²) in [6.45, 7) is 3.78. The maximum Gasteiger partial charge on any atom is 0.243 e. The molecule has 1 atom stereocenters. The number of aliphatic hydroxyl groups excluding tert-OH is 1. The van der Waals surface area contributed by atoms with Crippen molar-refractivity contribution in [3.05, 3.63) is 70.4 Å². The van der Waals surface area contributed by atoms with Crippen molar-refractivity contribution in [1.82, 2.24) is 15.4 Å². The lowest BCUT2D eigenvalue weighted by molar-refractivity contribution is -0.129. The van der Waals surface area contributed by atoms with Crippen LogP contribution >= 0.6 is 0 Å².